The van der Waals surface area contributed by atoms with Crippen LogP contribution in [0.2, 0.25) is 0 Å². The lowest BCUT2D eigenvalue weighted by Crippen LogP contribution is -2.44. The number of nitrogens with zero attached hydrogens (tertiary/aromatic N) is 2. The summed E-state index contributed by atoms with van der Waals surface area (Å²) in [5.74, 6) is 0.620. The average molecular weight is 359 g/mol. The highest BCUT2D eigenvalue weighted by atomic mass is 16.2. The third kappa shape index (κ3) is 6.06. The van der Waals surface area contributed by atoms with E-state index < -0.39 is 0 Å². The molecule has 0 aliphatic carbocycles. The predicted molar refractivity (Wildman–Crippen MR) is 103 cm³/mol. The molecule has 0 aromatic heterocycles. The van der Waals surface area contributed by atoms with Gasteiger partial charge in [-0.05, 0) is 44.4 Å². The normalized spacial score (nSPS) is 14.2. The van der Waals surface area contributed by atoms with Crippen LogP contribution in [0.25, 0.3) is 0 Å². The quantitative estimate of drug-likeness (QED) is 0.503. The van der Waals surface area contributed by atoms with Gasteiger partial charge >= 0.3 is 0 Å². The van der Waals surface area contributed by atoms with Crippen LogP contribution in [0.1, 0.15) is 42.6 Å². The monoisotopic (exact) mass is 359 g/mol. The summed E-state index contributed by atoms with van der Waals surface area (Å²) in [6, 6.07) is 7.42. The Morgan fingerprint density at radius 3 is 2.50 bits per heavy atom. The van der Waals surface area contributed by atoms with Crippen LogP contribution in [-0.4, -0.2) is 55.4 Å². The summed E-state index contributed by atoms with van der Waals surface area (Å²) in [7, 11) is 0. The molecule has 0 atom stereocenters. The van der Waals surface area contributed by atoms with E-state index in [0.29, 0.717) is 31.2 Å². The van der Waals surface area contributed by atoms with Gasteiger partial charge < -0.3 is 20.9 Å². The number of benzene rings is 1. The Hall–Kier alpha value is -2.57. The number of nitrogens with one attached hydrogen (secondary N) is 3. The zero-order valence-electron chi connectivity index (χ0n) is 15.7. The van der Waals surface area contributed by atoms with Gasteiger partial charge in [0.25, 0.3) is 5.91 Å². The van der Waals surface area contributed by atoms with Gasteiger partial charge in [0.05, 0.1) is 13.1 Å². The van der Waals surface area contributed by atoms with Crippen LogP contribution >= 0.6 is 0 Å². The van der Waals surface area contributed by atoms with E-state index in [2.05, 4.69) is 20.9 Å². The fourth-order valence-corrected chi connectivity index (χ4v) is 2.82. The van der Waals surface area contributed by atoms with E-state index in [1.54, 1.807) is 6.07 Å². The van der Waals surface area contributed by atoms with Crippen molar-refractivity contribution in [2.45, 2.75) is 33.2 Å². The molecule has 2 rings (SSSR count). The van der Waals surface area contributed by atoms with Gasteiger partial charge in [-0.1, -0.05) is 12.1 Å². The van der Waals surface area contributed by atoms with E-state index in [1.807, 2.05) is 36.9 Å². The van der Waals surface area contributed by atoms with Crippen molar-refractivity contribution in [3.63, 3.8) is 0 Å². The summed E-state index contributed by atoms with van der Waals surface area (Å²) in [5.41, 5.74) is 1.57. The molecule has 0 radical (unpaired) electrons. The smallest absolute Gasteiger partial charge is 0.251 e. The maximum atomic E-state index is 12.1. The molecular formula is C19H29N5O2. The molecule has 3 N–H and O–H groups in total. The van der Waals surface area contributed by atoms with Crippen molar-refractivity contribution >= 4 is 17.8 Å². The maximum absolute atomic E-state index is 12.1. The van der Waals surface area contributed by atoms with Gasteiger partial charge in [-0.15, -0.1) is 0 Å². The molecule has 0 unspecified atom stereocenters. The topological polar surface area (TPSA) is 85.8 Å². The van der Waals surface area contributed by atoms with Crippen molar-refractivity contribution in [3.05, 3.63) is 35.4 Å². The molecule has 7 nitrogen and oxygen atoms in total. The van der Waals surface area contributed by atoms with Gasteiger partial charge in [0, 0.05) is 31.7 Å². The van der Waals surface area contributed by atoms with Crippen LogP contribution < -0.4 is 16.0 Å². The van der Waals surface area contributed by atoms with E-state index in [9.17, 15) is 9.59 Å². The van der Waals surface area contributed by atoms with Crippen LogP contribution in [0.3, 0.4) is 0 Å². The summed E-state index contributed by atoms with van der Waals surface area (Å²) in [6.07, 6.45) is 2.17. The lowest BCUT2D eigenvalue weighted by molar-refractivity contribution is -0.128. The first-order valence-electron chi connectivity index (χ1n) is 9.31. The highest BCUT2D eigenvalue weighted by molar-refractivity contribution is 5.94. The number of guanidine groups is 1. The predicted octanol–water partition coefficient (Wildman–Crippen LogP) is 1.11. The number of rotatable bonds is 7. The van der Waals surface area contributed by atoms with E-state index in [-0.39, 0.29) is 18.4 Å². The Morgan fingerprint density at radius 2 is 1.81 bits per heavy atom. The van der Waals surface area contributed by atoms with Crippen molar-refractivity contribution in [3.8, 4) is 0 Å². The highest BCUT2D eigenvalue weighted by Gasteiger charge is 2.17. The van der Waals surface area contributed by atoms with E-state index in [4.69, 9.17) is 0 Å². The largest absolute Gasteiger partial charge is 0.357 e. The maximum Gasteiger partial charge on any atom is 0.251 e. The summed E-state index contributed by atoms with van der Waals surface area (Å²) in [5, 5.41) is 9.03. The fraction of sp³-hybridized carbons (Fsp3) is 0.526. The lowest BCUT2D eigenvalue weighted by atomic mass is 10.1. The molecule has 1 aromatic carbocycles. The molecule has 0 spiro atoms. The highest BCUT2D eigenvalue weighted by Crippen LogP contribution is 2.08. The molecule has 1 aromatic rings. The number of carbonyl (C=O) groups is 2. The second-order valence-corrected chi connectivity index (χ2v) is 6.20. The molecule has 1 aliphatic heterocycles. The SMILES string of the molecule is CCNC(=O)c1cccc(CN=C(NCC)NCC(=O)N2CCCC2)c1. The minimum Gasteiger partial charge on any atom is -0.357 e. The minimum absolute atomic E-state index is 0.0837. The standard InChI is InChI=1S/C19H29N5O2/c1-3-20-18(26)16-9-7-8-15(12-16)13-22-19(21-4-2)23-14-17(25)24-10-5-6-11-24/h7-9,12H,3-6,10-11,13-14H2,1-2H3,(H,20,26)(H2,21,22,23). The molecule has 1 saturated heterocycles. The third-order valence-corrected chi connectivity index (χ3v) is 4.16. The van der Waals surface area contributed by atoms with Crippen molar-refractivity contribution in [1.82, 2.24) is 20.9 Å². The molecule has 0 saturated carbocycles. The van der Waals surface area contributed by atoms with E-state index >= 15 is 0 Å². The molecule has 1 heterocycles. The summed E-state index contributed by atoms with van der Waals surface area (Å²) in [6.45, 7) is 7.55. The first-order valence-corrected chi connectivity index (χ1v) is 9.31. The van der Waals surface area contributed by atoms with Crippen molar-refractivity contribution < 1.29 is 9.59 Å². The van der Waals surface area contributed by atoms with Crippen LogP contribution in [0, 0.1) is 0 Å². The minimum atomic E-state index is -0.0837. The average Bonchev–Trinajstić information content (AvgIpc) is 3.19. The van der Waals surface area contributed by atoms with Crippen molar-refractivity contribution in [1.29, 1.82) is 0 Å². The first kappa shape index (κ1) is 19.8. The van der Waals surface area contributed by atoms with Crippen LogP contribution in [-0.2, 0) is 11.3 Å². The van der Waals surface area contributed by atoms with Crippen molar-refractivity contribution in [2.75, 3.05) is 32.7 Å². The van der Waals surface area contributed by atoms with E-state index in [1.165, 1.54) is 0 Å². The molecule has 2 amide bonds. The number of hydrogen-bond acceptors (Lipinski definition) is 3. The number of amides is 2. The number of aliphatic imine (C=N–C) groups is 1. The van der Waals surface area contributed by atoms with Crippen LogP contribution in [0.15, 0.2) is 29.3 Å². The summed E-state index contributed by atoms with van der Waals surface area (Å²) < 4.78 is 0. The Bertz CT molecular complexity index is 639. The Kier molecular flexibility index (Phi) is 7.92. The number of hydrogen-bond donors (Lipinski definition) is 3. The number of carbonyl (C=O) groups excluding carboxylic acids is 2. The van der Waals surface area contributed by atoms with Gasteiger partial charge in [-0.25, -0.2) is 4.99 Å². The zero-order chi connectivity index (χ0) is 18.8. The van der Waals surface area contributed by atoms with Gasteiger partial charge in [-0.3, -0.25) is 9.59 Å². The van der Waals surface area contributed by atoms with E-state index in [0.717, 1.165) is 31.5 Å². The Labute approximate surface area is 155 Å². The van der Waals surface area contributed by atoms with Gasteiger partial charge in [-0.2, -0.15) is 0 Å². The molecule has 7 heteroatoms. The summed E-state index contributed by atoms with van der Waals surface area (Å²) in [4.78, 5) is 30.5. The summed E-state index contributed by atoms with van der Waals surface area (Å²) >= 11 is 0. The molecular weight excluding hydrogens is 330 g/mol. The molecule has 1 fully saturated rings. The molecule has 142 valence electrons. The first-order chi connectivity index (χ1) is 12.6. The van der Waals surface area contributed by atoms with Crippen molar-refractivity contribution in [2.24, 2.45) is 4.99 Å². The third-order valence-electron chi connectivity index (χ3n) is 4.16. The molecule has 1 aliphatic rings. The fourth-order valence-electron chi connectivity index (χ4n) is 2.82. The van der Waals surface area contributed by atoms with Gasteiger partial charge in [0.2, 0.25) is 5.91 Å². The van der Waals surface area contributed by atoms with Gasteiger partial charge in [0.15, 0.2) is 5.96 Å². The second kappa shape index (κ2) is 10.4. The Morgan fingerprint density at radius 1 is 1.08 bits per heavy atom. The van der Waals surface area contributed by atoms with Crippen LogP contribution in [0.5, 0.6) is 0 Å². The molecule has 26 heavy (non-hydrogen) atoms. The van der Waals surface area contributed by atoms with Crippen LogP contribution in [0.4, 0.5) is 0 Å². The number of likely N-dealkylation sites (tertiary alicyclic amines) is 1. The van der Waals surface area contributed by atoms with Gasteiger partial charge in [0.1, 0.15) is 0 Å². The second-order valence-electron chi connectivity index (χ2n) is 6.20. The Balaban J connectivity index is 1.94. The zero-order valence-corrected chi connectivity index (χ0v) is 15.7. The molecule has 0 bridgehead atoms. The lowest BCUT2D eigenvalue weighted by Gasteiger charge is -2.17.